The maximum atomic E-state index is 10.5. The van der Waals surface area contributed by atoms with E-state index in [1.165, 1.54) is 0 Å². The molecule has 0 spiro atoms. The molecule has 0 radical (unpaired) electrons. The molecule has 4 heteroatoms. The van der Waals surface area contributed by atoms with E-state index in [1.54, 1.807) is 13.2 Å². The summed E-state index contributed by atoms with van der Waals surface area (Å²) in [5, 5.41) is 19.9. The Morgan fingerprint density at radius 1 is 1.44 bits per heavy atom. The van der Waals surface area contributed by atoms with Crippen molar-refractivity contribution in [2.75, 3.05) is 20.3 Å². The van der Waals surface area contributed by atoms with Crippen LogP contribution in [0.1, 0.15) is 24.5 Å². The number of nitriles is 1. The number of rotatable bonds is 3. The van der Waals surface area contributed by atoms with Crippen molar-refractivity contribution >= 4 is 0 Å². The number of ether oxygens (including phenoxy) is 2. The Kier molecular flexibility index (Phi) is 3.85. The predicted octanol–water partition coefficient (Wildman–Crippen LogP) is 2.05. The van der Waals surface area contributed by atoms with Crippen LogP contribution in [0.15, 0.2) is 24.3 Å². The molecule has 1 aromatic rings. The van der Waals surface area contributed by atoms with E-state index >= 15 is 0 Å². The topological polar surface area (TPSA) is 62.5 Å². The molecule has 1 aromatic carbocycles. The van der Waals surface area contributed by atoms with Crippen LogP contribution in [-0.2, 0) is 4.74 Å². The monoisotopic (exact) mass is 247 g/mol. The fourth-order valence-corrected chi connectivity index (χ4v) is 2.31. The highest BCUT2D eigenvalue weighted by Crippen LogP contribution is 2.42. The van der Waals surface area contributed by atoms with Crippen molar-refractivity contribution in [2.24, 2.45) is 5.41 Å². The zero-order valence-electron chi connectivity index (χ0n) is 10.4. The Morgan fingerprint density at radius 2 is 2.17 bits per heavy atom. The maximum Gasteiger partial charge on any atom is 0.119 e. The fraction of sp³-hybridized carbons (Fsp3) is 0.500. The number of aliphatic hydroxyl groups excluding tert-OH is 1. The van der Waals surface area contributed by atoms with E-state index in [0.29, 0.717) is 31.8 Å². The lowest BCUT2D eigenvalue weighted by molar-refractivity contribution is -0.0310. The van der Waals surface area contributed by atoms with Crippen LogP contribution in [0.3, 0.4) is 0 Å². The van der Waals surface area contributed by atoms with Crippen LogP contribution in [0.2, 0.25) is 0 Å². The third-order valence-electron chi connectivity index (χ3n) is 3.54. The van der Waals surface area contributed by atoms with Crippen molar-refractivity contribution in [3.05, 3.63) is 29.8 Å². The highest BCUT2D eigenvalue weighted by atomic mass is 16.5. The van der Waals surface area contributed by atoms with E-state index in [9.17, 15) is 10.4 Å². The first-order valence-corrected chi connectivity index (χ1v) is 6.03. The zero-order valence-corrected chi connectivity index (χ0v) is 10.4. The first kappa shape index (κ1) is 12.9. The number of benzene rings is 1. The van der Waals surface area contributed by atoms with Gasteiger partial charge < -0.3 is 14.6 Å². The Morgan fingerprint density at radius 3 is 2.78 bits per heavy atom. The molecule has 18 heavy (non-hydrogen) atoms. The first-order valence-electron chi connectivity index (χ1n) is 6.03. The molecule has 0 saturated carbocycles. The predicted molar refractivity (Wildman–Crippen MR) is 66.1 cm³/mol. The summed E-state index contributed by atoms with van der Waals surface area (Å²) in [6, 6.07) is 9.52. The minimum Gasteiger partial charge on any atom is -0.497 e. The molecular formula is C14H17NO3. The Hall–Kier alpha value is -1.57. The standard InChI is InChI=1S/C14H17NO3/c1-17-12-4-2-3-11(9-12)13(16)14(10-15)5-7-18-8-6-14/h2-4,9,13,16H,5-8H2,1H3. The molecule has 1 unspecified atom stereocenters. The van der Waals surface area contributed by atoms with Crippen molar-refractivity contribution < 1.29 is 14.6 Å². The molecule has 4 nitrogen and oxygen atoms in total. The van der Waals surface area contributed by atoms with Gasteiger partial charge in [-0.05, 0) is 30.5 Å². The summed E-state index contributed by atoms with van der Waals surface area (Å²) < 4.78 is 10.4. The molecule has 1 heterocycles. The summed E-state index contributed by atoms with van der Waals surface area (Å²) in [6.45, 7) is 1.04. The second-order valence-corrected chi connectivity index (χ2v) is 4.56. The molecule has 1 N–H and O–H groups in total. The molecular weight excluding hydrogens is 230 g/mol. The number of nitrogens with zero attached hydrogens (tertiary/aromatic N) is 1. The van der Waals surface area contributed by atoms with Crippen LogP contribution >= 0.6 is 0 Å². The average molecular weight is 247 g/mol. The summed E-state index contributed by atoms with van der Waals surface area (Å²) in [5.74, 6) is 0.687. The highest BCUT2D eigenvalue weighted by molar-refractivity contribution is 5.32. The van der Waals surface area contributed by atoms with Crippen molar-refractivity contribution in [3.63, 3.8) is 0 Å². The Bertz CT molecular complexity index is 447. The van der Waals surface area contributed by atoms with E-state index in [-0.39, 0.29) is 0 Å². The molecule has 1 aliphatic heterocycles. The fourth-order valence-electron chi connectivity index (χ4n) is 2.31. The lowest BCUT2D eigenvalue weighted by Crippen LogP contribution is -2.34. The molecule has 2 rings (SSSR count). The highest BCUT2D eigenvalue weighted by Gasteiger charge is 2.40. The molecule has 0 bridgehead atoms. The van der Waals surface area contributed by atoms with Crippen LogP contribution in [-0.4, -0.2) is 25.4 Å². The van der Waals surface area contributed by atoms with E-state index in [0.717, 1.165) is 5.56 Å². The summed E-state index contributed by atoms with van der Waals surface area (Å²) >= 11 is 0. The second-order valence-electron chi connectivity index (χ2n) is 4.56. The average Bonchev–Trinajstić information content (AvgIpc) is 2.47. The summed E-state index contributed by atoms with van der Waals surface area (Å²) in [7, 11) is 1.58. The maximum absolute atomic E-state index is 10.5. The summed E-state index contributed by atoms with van der Waals surface area (Å²) in [4.78, 5) is 0. The van der Waals surface area contributed by atoms with Gasteiger partial charge in [-0.15, -0.1) is 0 Å². The van der Waals surface area contributed by atoms with E-state index in [2.05, 4.69) is 6.07 Å². The first-order chi connectivity index (χ1) is 8.72. The van der Waals surface area contributed by atoms with Gasteiger partial charge >= 0.3 is 0 Å². The smallest absolute Gasteiger partial charge is 0.119 e. The minimum atomic E-state index is -0.804. The number of aliphatic hydroxyl groups is 1. The molecule has 1 aliphatic rings. The third kappa shape index (κ3) is 2.33. The van der Waals surface area contributed by atoms with Crippen LogP contribution in [0.4, 0.5) is 0 Å². The van der Waals surface area contributed by atoms with Gasteiger partial charge in [-0.3, -0.25) is 0 Å². The molecule has 0 aliphatic carbocycles. The number of hydrogen-bond donors (Lipinski definition) is 1. The molecule has 0 amide bonds. The minimum absolute atomic E-state index is 0.522. The summed E-state index contributed by atoms with van der Waals surface area (Å²) in [5.41, 5.74) is -0.0252. The molecule has 1 fully saturated rings. The molecule has 96 valence electrons. The van der Waals surface area contributed by atoms with Crippen LogP contribution in [0.25, 0.3) is 0 Å². The van der Waals surface area contributed by atoms with Crippen molar-refractivity contribution in [3.8, 4) is 11.8 Å². The molecule has 1 atom stereocenters. The largest absolute Gasteiger partial charge is 0.497 e. The quantitative estimate of drug-likeness (QED) is 0.888. The van der Waals surface area contributed by atoms with Gasteiger partial charge in [0.25, 0.3) is 0 Å². The number of hydrogen-bond acceptors (Lipinski definition) is 4. The van der Waals surface area contributed by atoms with Gasteiger partial charge in [-0.1, -0.05) is 12.1 Å². The van der Waals surface area contributed by atoms with Crippen molar-refractivity contribution in [1.29, 1.82) is 5.26 Å². The van der Waals surface area contributed by atoms with Crippen molar-refractivity contribution in [2.45, 2.75) is 18.9 Å². The van der Waals surface area contributed by atoms with Crippen LogP contribution < -0.4 is 4.74 Å². The van der Waals surface area contributed by atoms with E-state index < -0.39 is 11.5 Å². The van der Waals surface area contributed by atoms with E-state index in [1.807, 2.05) is 18.2 Å². The second kappa shape index (κ2) is 5.38. The Labute approximate surface area is 107 Å². The normalized spacial score (nSPS) is 19.8. The van der Waals surface area contributed by atoms with Gasteiger partial charge in [0.1, 0.15) is 5.75 Å². The van der Waals surface area contributed by atoms with Crippen LogP contribution in [0.5, 0.6) is 5.75 Å². The zero-order chi connectivity index (χ0) is 13.0. The third-order valence-corrected chi connectivity index (χ3v) is 3.54. The lowest BCUT2D eigenvalue weighted by Gasteiger charge is -2.35. The molecule has 0 aromatic heterocycles. The van der Waals surface area contributed by atoms with Gasteiger partial charge in [-0.2, -0.15) is 5.26 Å². The lowest BCUT2D eigenvalue weighted by atomic mass is 9.74. The number of methoxy groups -OCH3 is 1. The van der Waals surface area contributed by atoms with Gasteiger partial charge in [0.05, 0.1) is 24.7 Å². The van der Waals surface area contributed by atoms with Crippen LogP contribution in [0, 0.1) is 16.7 Å². The molecule has 1 saturated heterocycles. The van der Waals surface area contributed by atoms with Gasteiger partial charge in [0.15, 0.2) is 0 Å². The van der Waals surface area contributed by atoms with Gasteiger partial charge in [-0.25, -0.2) is 0 Å². The Balaban J connectivity index is 2.28. The SMILES string of the molecule is COc1cccc(C(O)C2(C#N)CCOCC2)c1. The van der Waals surface area contributed by atoms with Gasteiger partial charge in [0, 0.05) is 13.2 Å². The van der Waals surface area contributed by atoms with E-state index in [4.69, 9.17) is 9.47 Å². The van der Waals surface area contributed by atoms with Gasteiger partial charge in [0.2, 0.25) is 0 Å². The summed E-state index contributed by atoms with van der Waals surface area (Å²) in [6.07, 6.45) is 0.311. The van der Waals surface area contributed by atoms with Crippen molar-refractivity contribution in [1.82, 2.24) is 0 Å².